The van der Waals surface area contributed by atoms with Crippen molar-refractivity contribution >= 4 is 11.6 Å². The molecule has 1 amide bonds. The number of nitrogens with one attached hydrogen (secondary N) is 1. The zero-order valence-corrected chi connectivity index (χ0v) is 17.8. The topological polar surface area (TPSA) is 73.3 Å². The van der Waals surface area contributed by atoms with Gasteiger partial charge in [-0.05, 0) is 55.2 Å². The van der Waals surface area contributed by atoms with Crippen LogP contribution in [0.1, 0.15) is 37.8 Å². The van der Waals surface area contributed by atoms with Gasteiger partial charge in [0.25, 0.3) is 5.91 Å². The summed E-state index contributed by atoms with van der Waals surface area (Å²) in [4.78, 5) is 12.3. The first-order valence-corrected chi connectivity index (χ1v) is 10.1. The maximum atomic E-state index is 12.3. The summed E-state index contributed by atoms with van der Waals surface area (Å²) in [5.74, 6) is 1.37. The second-order valence-corrected chi connectivity index (χ2v) is 7.30. The number of nitrogens with zero attached hydrogens (tertiary/aromatic N) is 2. The molecule has 0 atom stereocenters. The molecular weight excluding hydrogens is 378 g/mol. The quantitative estimate of drug-likeness (QED) is 0.571. The molecule has 0 aliphatic carbocycles. The third-order valence-corrected chi connectivity index (χ3v) is 4.55. The molecule has 0 bridgehead atoms. The smallest absolute Gasteiger partial charge is 0.262 e. The molecule has 30 heavy (non-hydrogen) atoms. The zero-order chi connectivity index (χ0) is 21.5. The summed E-state index contributed by atoms with van der Waals surface area (Å²) in [6, 6.07) is 17.2. The summed E-state index contributed by atoms with van der Waals surface area (Å²) in [6.07, 6.45) is 0. The number of rotatable bonds is 8. The van der Waals surface area contributed by atoms with Gasteiger partial charge in [0.2, 0.25) is 5.88 Å². The van der Waals surface area contributed by atoms with Gasteiger partial charge < -0.3 is 14.8 Å². The van der Waals surface area contributed by atoms with Crippen LogP contribution in [0.15, 0.2) is 54.6 Å². The number of carbonyl (C=O) groups excluding carboxylic acids is 1. The van der Waals surface area contributed by atoms with E-state index in [9.17, 15) is 4.79 Å². The van der Waals surface area contributed by atoms with E-state index in [1.165, 1.54) is 0 Å². The Balaban J connectivity index is 1.59. The van der Waals surface area contributed by atoms with E-state index in [0.717, 1.165) is 28.1 Å². The van der Waals surface area contributed by atoms with E-state index in [4.69, 9.17) is 9.47 Å². The maximum Gasteiger partial charge on any atom is 0.262 e. The predicted molar refractivity (Wildman–Crippen MR) is 118 cm³/mol. The van der Waals surface area contributed by atoms with Crippen LogP contribution in [0.2, 0.25) is 0 Å². The molecule has 0 fully saturated rings. The van der Waals surface area contributed by atoms with Gasteiger partial charge in [0.15, 0.2) is 6.61 Å². The van der Waals surface area contributed by atoms with Gasteiger partial charge in [0.05, 0.1) is 12.3 Å². The van der Waals surface area contributed by atoms with Gasteiger partial charge in [-0.1, -0.05) is 38.1 Å². The van der Waals surface area contributed by atoms with Crippen LogP contribution in [-0.4, -0.2) is 29.3 Å². The van der Waals surface area contributed by atoms with E-state index in [0.29, 0.717) is 24.1 Å². The van der Waals surface area contributed by atoms with Crippen molar-refractivity contribution in [3.63, 3.8) is 0 Å². The standard InChI is InChI=1S/C24H27N3O3/c1-5-29-24-13-12-21(26-27-24)18-7-9-19(10-8-18)25-23(28)15-30-22-14-17(4)6-11-20(22)16(2)3/h6-14,16H,5,15H2,1-4H3,(H,25,28). The number of aryl methyl sites for hydroxylation is 1. The SMILES string of the molecule is CCOc1ccc(-c2ccc(NC(=O)COc3cc(C)ccc3C(C)C)cc2)nn1. The number of anilines is 1. The van der Waals surface area contributed by atoms with E-state index in [-0.39, 0.29) is 12.5 Å². The molecule has 1 heterocycles. The Morgan fingerprint density at radius 1 is 1.00 bits per heavy atom. The van der Waals surface area contributed by atoms with Gasteiger partial charge in [-0.25, -0.2) is 0 Å². The minimum absolute atomic E-state index is 0.0463. The molecule has 0 aliphatic rings. The van der Waals surface area contributed by atoms with Gasteiger partial charge in [-0.15, -0.1) is 10.2 Å². The van der Waals surface area contributed by atoms with Gasteiger partial charge in [-0.3, -0.25) is 4.79 Å². The average molecular weight is 405 g/mol. The minimum atomic E-state index is -0.208. The van der Waals surface area contributed by atoms with E-state index < -0.39 is 0 Å². The van der Waals surface area contributed by atoms with Crippen LogP contribution in [-0.2, 0) is 4.79 Å². The lowest BCUT2D eigenvalue weighted by Crippen LogP contribution is -2.20. The fraction of sp³-hybridized carbons (Fsp3) is 0.292. The van der Waals surface area contributed by atoms with Crippen LogP contribution < -0.4 is 14.8 Å². The molecule has 0 saturated heterocycles. The van der Waals surface area contributed by atoms with Crippen molar-refractivity contribution in [2.45, 2.75) is 33.6 Å². The summed E-state index contributed by atoms with van der Waals surface area (Å²) in [5, 5.41) is 11.1. The third kappa shape index (κ3) is 5.56. The van der Waals surface area contributed by atoms with Crippen molar-refractivity contribution in [3.8, 4) is 22.9 Å². The average Bonchev–Trinajstić information content (AvgIpc) is 2.73. The van der Waals surface area contributed by atoms with Crippen molar-refractivity contribution < 1.29 is 14.3 Å². The Labute approximate surface area is 177 Å². The minimum Gasteiger partial charge on any atom is -0.483 e. The molecule has 1 aromatic heterocycles. The van der Waals surface area contributed by atoms with Gasteiger partial charge in [-0.2, -0.15) is 0 Å². The Morgan fingerprint density at radius 2 is 1.77 bits per heavy atom. The largest absolute Gasteiger partial charge is 0.483 e. The molecule has 0 spiro atoms. The van der Waals surface area contributed by atoms with E-state index >= 15 is 0 Å². The molecular formula is C24H27N3O3. The number of aromatic nitrogens is 2. The number of hydrogen-bond acceptors (Lipinski definition) is 5. The summed E-state index contributed by atoms with van der Waals surface area (Å²) in [7, 11) is 0. The molecule has 3 aromatic rings. The lowest BCUT2D eigenvalue weighted by Gasteiger charge is -2.15. The van der Waals surface area contributed by atoms with Crippen molar-refractivity contribution in [2.75, 3.05) is 18.5 Å². The molecule has 6 nitrogen and oxygen atoms in total. The maximum absolute atomic E-state index is 12.3. The fourth-order valence-corrected chi connectivity index (χ4v) is 3.01. The van der Waals surface area contributed by atoms with Crippen molar-refractivity contribution in [2.24, 2.45) is 0 Å². The van der Waals surface area contributed by atoms with Gasteiger partial charge in [0.1, 0.15) is 5.75 Å². The van der Waals surface area contributed by atoms with E-state index in [1.807, 2.05) is 50.2 Å². The number of benzene rings is 2. The molecule has 0 saturated carbocycles. The summed E-state index contributed by atoms with van der Waals surface area (Å²) in [6.45, 7) is 8.62. The Hall–Kier alpha value is -3.41. The Kier molecular flexibility index (Phi) is 7.01. The van der Waals surface area contributed by atoms with Crippen LogP contribution >= 0.6 is 0 Å². The van der Waals surface area contributed by atoms with Crippen LogP contribution in [0.3, 0.4) is 0 Å². The van der Waals surface area contributed by atoms with Crippen LogP contribution in [0, 0.1) is 6.92 Å². The molecule has 1 N–H and O–H groups in total. The summed E-state index contributed by atoms with van der Waals surface area (Å²) >= 11 is 0. The van der Waals surface area contributed by atoms with Gasteiger partial charge in [0, 0.05) is 17.3 Å². The summed E-state index contributed by atoms with van der Waals surface area (Å²) < 4.78 is 11.1. The molecule has 6 heteroatoms. The highest BCUT2D eigenvalue weighted by molar-refractivity contribution is 5.92. The molecule has 0 radical (unpaired) electrons. The lowest BCUT2D eigenvalue weighted by molar-refractivity contribution is -0.118. The second-order valence-electron chi connectivity index (χ2n) is 7.30. The van der Waals surface area contributed by atoms with Crippen LogP contribution in [0.25, 0.3) is 11.3 Å². The Bertz CT molecular complexity index is 984. The first-order chi connectivity index (χ1) is 14.5. The Morgan fingerprint density at radius 3 is 2.40 bits per heavy atom. The summed E-state index contributed by atoms with van der Waals surface area (Å²) in [5.41, 5.74) is 4.53. The number of hydrogen-bond donors (Lipinski definition) is 1. The first kappa shape index (κ1) is 21.3. The number of ether oxygens (including phenoxy) is 2. The molecule has 0 unspecified atom stereocenters. The predicted octanol–water partition coefficient (Wildman–Crippen LogP) is 4.99. The van der Waals surface area contributed by atoms with Crippen LogP contribution in [0.5, 0.6) is 11.6 Å². The van der Waals surface area contributed by atoms with E-state index in [1.54, 1.807) is 6.07 Å². The highest BCUT2D eigenvalue weighted by Gasteiger charge is 2.11. The highest BCUT2D eigenvalue weighted by atomic mass is 16.5. The monoisotopic (exact) mass is 405 g/mol. The lowest BCUT2D eigenvalue weighted by atomic mass is 10.0. The van der Waals surface area contributed by atoms with Crippen molar-refractivity contribution in [3.05, 3.63) is 65.7 Å². The van der Waals surface area contributed by atoms with Gasteiger partial charge >= 0.3 is 0 Å². The number of amides is 1. The number of carbonyl (C=O) groups is 1. The molecule has 156 valence electrons. The zero-order valence-electron chi connectivity index (χ0n) is 17.8. The molecule has 0 aliphatic heterocycles. The normalized spacial score (nSPS) is 10.7. The van der Waals surface area contributed by atoms with Crippen molar-refractivity contribution in [1.82, 2.24) is 10.2 Å². The van der Waals surface area contributed by atoms with Crippen LogP contribution in [0.4, 0.5) is 5.69 Å². The first-order valence-electron chi connectivity index (χ1n) is 10.1. The molecule has 3 rings (SSSR count). The van der Waals surface area contributed by atoms with Crippen molar-refractivity contribution in [1.29, 1.82) is 0 Å². The second kappa shape index (κ2) is 9.87. The third-order valence-electron chi connectivity index (χ3n) is 4.55. The van der Waals surface area contributed by atoms with E-state index in [2.05, 4.69) is 41.5 Å². The highest BCUT2D eigenvalue weighted by Crippen LogP contribution is 2.27. The fourth-order valence-electron chi connectivity index (χ4n) is 3.01. The molecule has 2 aromatic carbocycles.